The first-order valence-corrected chi connectivity index (χ1v) is 21.8. The van der Waals surface area contributed by atoms with E-state index in [1.165, 1.54) is 98.2 Å². The fourth-order valence-corrected chi connectivity index (χ4v) is 13.2. The number of fused-ring (bicyclic) bond motifs is 10. The van der Waals surface area contributed by atoms with Gasteiger partial charge in [0, 0.05) is 66.9 Å². The molecule has 2 aliphatic rings. The van der Waals surface area contributed by atoms with Crippen LogP contribution in [0.25, 0.3) is 75.3 Å². The highest BCUT2D eigenvalue weighted by atomic mass is 127. The Labute approximate surface area is 332 Å². The fourth-order valence-electron chi connectivity index (χ4n) is 9.30. The number of nitrogens with zero attached hydrogens (tertiary/aromatic N) is 2. The van der Waals surface area contributed by atoms with E-state index < -0.39 is 20.7 Å². The first-order valence-electron chi connectivity index (χ1n) is 18.8. The van der Waals surface area contributed by atoms with Crippen molar-refractivity contribution >= 4 is 94.2 Å². The second-order valence-corrected chi connectivity index (χ2v) is 19.1. The van der Waals surface area contributed by atoms with Crippen LogP contribution in [-0.2, 0) is 5.41 Å². The van der Waals surface area contributed by atoms with Gasteiger partial charge in [-0.15, -0.1) is 11.3 Å². The average Bonchev–Trinajstić information content (AvgIpc) is 3.78. The van der Waals surface area contributed by atoms with Crippen LogP contribution in [0.1, 0.15) is 36.1 Å². The van der Waals surface area contributed by atoms with Gasteiger partial charge in [0.15, 0.2) is 0 Å². The summed E-state index contributed by atoms with van der Waals surface area (Å²) in [5.41, 5.74) is 12.5. The normalized spacial score (nSPS) is 14.5. The molecule has 10 aromatic rings. The third-order valence-corrected chi connectivity index (χ3v) is 15.9. The lowest BCUT2D eigenvalue weighted by atomic mass is 9.71. The minimum Gasteiger partial charge on any atom is -0.309 e. The summed E-state index contributed by atoms with van der Waals surface area (Å²) in [6, 6.07) is 61.1. The van der Waals surface area contributed by atoms with E-state index in [0.29, 0.717) is 0 Å². The van der Waals surface area contributed by atoms with Crippen LogP contribution < -0.4 is 5.22 Å². The minimum atomic E-state index is -0.458. The van der Waals surface area contributed by atoms with E-state index in [1.54, 1.807) is 0 Å². The van der Waals surface area contributed by atoms with Crippen LogP contribution in [0.3, 0.4) is 0 Å². The van der Waals surface area contributed by atoms with Crippen LogP contribution in [0.2, 0.25) is 0 Å². The number of thiophene rings is 1. The molecule has 0 saturated carbocycles. The van der Waals surface area contributed by atoms with Crippen LogP contribution in [-0.4, -0.2) is 8.29 Å². The van der Waals surface area contributed by atoms with Crippen molar-refractivity contribution in [3.8, 4) is 16.8 Å². The molecular weight excluding hydrogens is 800 g/mol. The summed E-state index contributed by atoms with van der Waals surface area (Å²) in [5, 5.41) is 9.09. The summed E-state index contributed by atoms with van der Waals surface area (Å²) in [6.45, 7) is 4.72. The Kier molecular flexibility index (Phi) is 6.71. The highest BCUT2D eigenvalue weighted by Crippen LogP contribution is 2.44. The fraction of sp³-hybridized carbons (Fsp3) is 0.0588. The largest absolute Gasteiger partial charge is 0.309 e. The zero-order valence-electron chi connectivity index (χ0n) is 30.3. The number of hydrogen-bond acceptors (Lipinski definition) is 2. The van der Waals surface area contributed by atoms with Gasteiger partial charge in [-0.3, -0.25) is 0 Å². The monoisotopic (exact) mass is 832 g/mol. The highest BCUT2D eigenvalue weighted by molar-refractivity contribution is 14.2. The van der Waals surface area contributed by atoms with Crippen molar-refractivity contribution in [3.63, 3.8) is 0 Å². The molecule has 0 radical (unpaired) electrons. The smallest absolute Gasteiger partial charge is 0.104 e. The number of para-hydroxylation sites is 1. The van der Waals surface area contributed by atoms with E-state index in [0.717, 1.165) is 11.4 Å². The van der Waals surface area contributed by atoms with Crippen molar-refractivity contribution in [2.75, 3.05) is 0 Å². The Morgan fingerprint density at radius 2 is 1.22 bits per heavy atom. The van der Waals surface area contributed by atoms with Crippen LogP contribution in [0, 0.1) is 3.15 Å². The van der Waals surface area contributed by atoms with Crippen molar-refractivity contribution in [3.05, 3.63) is 194 Å². The van der Waals surface area contributed by atoms with Gasteiger partial charge in [0.25, 0.3) is 0 Å². The van der Waals surface area contributed by atoms with Crippen molar-refractivity contribution in [2.24, 2.45) is 4.99 Å². The second-order valence-electron chi connectivity index (χ2n) is 15.3. The molecular formula is C51H33IN2S. The molecule has 0 atom stereocenters. The van der Waals surface area contributed by atoms with E-state index in [4.69, 9.17) is 4.99 Å². The van der Waals surface area contributed by atoms with E-state index in [9.17, 15) is 0 Å². The lowest BCUT2D eigenvalue weighted by molar-refractivity contribution is 0.627. The summed E-state index contributed by atoms with van der Waals surface area (Å²) in [4.78, 5) is 5.51. The van der Waals surface area contributed by atoms with Gasteiger partial charge in [0.2, 0.25) is 0 Å². The number of hydrogen-bond donors (Lipinski definition) is 0. The summed E-state index contributed by atoms with van der Waals surface area (Å²) in [5.74, 6) is 0. The molecule has 0 spiro atoms. The van der Waals surface area contributed by atoms with Crippen molar-refractivity contribution in [2.45, 2.75) is 19.3 Å². The molecule has 0 unspecified atom stereocenters. The third kappa shape index (κ3) is 4.53. The second kappa shape index (κ2) is 11.7. The molecule has 0 saturated heterocycles. The Morgan fingerprint density at radius 3 is 2.09 bits per heavy atom. The molecule has 12 rings (SSSR count). The SMILES string of the molecule is CC1(C)c2ccccc2C2=c3c1cccc3=IC(c1ccc(-n3c4ccccc4c4cc(-c5ccc6sc7ccccc7c6c5)c5ccccc5c43)cc1)=N2. The molecule has 0 fully saturated rings. The number of aromatic nitrogens is 1. The van der Waals surface area contributed by atoms with Gasteiger partial charge in [0.1, 0.15) is 3.72 Å². The van der Waals surface area contributed by atoms with E-state index in [-0.39, 0.29) is 5.41 Å². The standard InChI is InChI=1S/C51H33IN2S/c1-51(2)41-17-8-5-16-37(41)48-47-42(51)18-11-19-43(47)52-50(53-48)30-22-25-32(26-23-30)54-44-20-9-6-13-34(44)40-29-38(33-12-3-4-15-36(33)49(40)54)31-24-27-46-39(28-31)35-14-7-10-21-45(35)55-46/h3-29H,1-2H3. The van der Waals surface area contributed by atoms with E-state index in [1.807, 2.05) is 11.3 Å². The first kappa shape index (κ1) is 31.6. The Morgan fingerprint density at radius 1 is 0.527 bits per heavy atom. The zero-order valence-corrected chi connectivity index (χ0v) is 33.2. The Balaban J connectivity index is 1.04. The average molecular weight is 833 g/mol. The van der Waals surface area contributed by atoms with Crippen molar-refractivity contribution < 1.29 is 0 Å². The molecule has 0 bridgehead atoms. The Bertz CT molecular complexity index is 3450. The minimum absolute atomic E-state index is 0.0520. The van der Waals surface area contributed by atoms with Gasteiger partial charge in [-0.05, 0) is 76.2 Å². The summed E-state index contributed by atoms with van der Waals surface area (Å²) in [6.07, 6.45) is 0. The number of aliphatic imine (C=N–C) groups is 1. The molecule has 3 heterocycles. The van der Waals surface area contributed by atoms with Crippen molar-refractivity contribution in [1.29, 1.82) is 0 Å². The third-order valence-electron chi connectivity index (χ3n) is 11.9. The van der Waals surface area contributed by atoms with E-state index >= 15 is 0 Å². The maximum atomic E-state index is 5.51. The quantitative estimate of drug-likeness (QED) is 0.158. The molecule has 2 nitrogen and oxygen atoms in total. The topological polar surface area (TPSA) is 17.3 Å². The van der Waals surface area contributed by atoms with Gasteiger partial charge in [0.05, 0.1) is 16.7 Å². The van der Waals surface area contributed by atoms with Crippen molar-refractivity contribution in [1.82, 2.24) is 4.57 Å². The van der Waals surface area contributed by atoms with Gasteiger partial charge >= 0.3 is 0 Å². The molecule has 2 aromatic heterocycles. The first-order chi connectivity index (χ1) is 27.0. The maximum Gasteiger partial charge on any atom is 0.104 e. The summed E-state index contributed by atoms with van der Waals surface area (Å²) in [7, 11) is 0. The highest BCUT2D eigenvalue weighted by Gasteiger charge is 2.33. The molecule has 1 aliphatic carbocycles. The lowest BCUT2D eigenvalue weighted by Crippen LogP contribution is -2.35. The van der Waals surface area contributed by atoms with Crippen LogP contribution in [0.15, 0.2) is 169 Å². The maximum absolute atomic E-state index is 5.51. The van der Waals surface area contributed by atoms with Crippen LogP contribution in [0.5, 0.6) is 0 Å². The molecule has 4 heteroatoms. The van der Waals surface area contributed by atoms with Gasteiger partial charge < -0.3 is 4.57 Å². The lowest BCUT2D eigenvalue weighted by Gasteiger charge is -2.34. The zero-order chi connectivity index (χ0) is 36.4. The summed E-state index contributed by atoms with van der Waals surface area (Å²) < 4.78 is 7.84. The molecule has 55 heavy (non-hydrogen) atoms. The molecule has 0 amide bonds. The molecule has 1 aliphatic heterocycles. The predicted molar refractivity (Wildman–Crippen MR) is 243 cm³/mol. The molecule has 260 valence electrons. The number of halogens is 1. The molecule has 8 aromatic carbocycles. The predicted octanol–water partition coefficient (Wildman–Crippen LogP) is 13.4. The molecule has 0 N–H and O–H groups in total. The Hall–Kier alpha value is -5.69. The van der Waals surface area contributed by atoms with Gasteiger partial charge in [-0.25, -0.2) is 4.99 Å². The summed E-state index contributed by atoms with van der Waals surface area (Å²) >= 11 is 1.42. The van der Waals surface area contributed by atoms with Gasteiger partial charge in [-0.1, -0.05) is 150 Å². The number of benzene rings is 8. The van der Waals surface area contributed by atoms with Gasteiger partial charge in [-0.2, -0.15) is 0 Å². The van der Waals surface area contributed by atoms with E-state index in [2.05, 4.69) is 182 Å². The number of rotatable bonds is 3. The van der Waals surface area contributed by atoms with Crippen LogP contribution >= 0.6 is 32.1 Å². The van der Waals surface area contributed by atoms with Crippen LogP contribution in [0.4, 0.5) is 0 Å².